The molecule has 0 atom stereocenters. The van der Waals surface area contributed by atoms with Crippen LogP contribution >= 0.6 is 11.3 Å². The molecule has 0 radical (unpaired) electrons. The van der Waals surface area contributed by atoms with Crippen molar-refractivity contribution in [3.63, 3.8) is 0 Å². The zero-order chi connectivity index (χ0) is 21.5. The van der Waals surface area contributed by atoms with Crippen molar-refractivity contribution in [2.45, 2.75) is 6.92 Å². The van der Waals surface area contributed by atoms with Gasteiger partial charge in [0.05, 0.1) is 27.4 Å². The van der Waals surface area contributed by atoms with Gasteiger partial charge in [-0.2, -0.15) is 0 Å². The Hall–Kier alpha value is -3.32. The van der Waals surface area contributed by atoms with Gasteiger partial charge in [-0.05, 0) is 30.7 Å². The Kier molecular flexibility index (Phi) is 7.08. The summed E-state index contributed by atoms with van der Waals surface area (Å²) in [5, 5.41) is 5.60. The van der Waals surface area contributed by atoms with Crippen LogP contribution in [0.2, 0.25) is 0 Å². The number of methoxy groups -OCH3 is 2. The lowest BCUT2D eigenvalue weighted by molar-refractivity contribution is 0.0528. The van der Waals surface area contributed by atoms with Gasteiger partial charge in [0.15, 0.2) is 17.3 Å². The Labute approximate surface area is 179 Å². The molecule has 0 aliphatic carbocycles. The van der Waals surface area contributed by atoms with Gasteiger partial charge < -0.3 is 19.5 Å². The number of ketones is 1. The van der Waals surface area contributed by atoms with Crippen LogP contribution in [0.5, 0.6) is 11.5 Å². The average molecular weight is 426 g/mol. The molecule has 0 aliphatic heterocycles. The van der Waals surface area contributed by atoms with Gasteiger partial charge in [-0.25, -0.2) is 4.79 Å². The SMILES string of the molecule is CCOC(=O)c1c(-c2ccccc2)csc1NCC(=O)c1ccc(OC)c(OC)c1. The molecule has 0 saturated carbocycles. The van der Waals surface area contributed by atoms with Gasteiger partial charge in [-0.3, -0.25) is 4.79 Å². The minimum Gasteiger partial charge on any atom is -0.493 e. The third kappa shape index (κ3) is 4.63. The first-order valence-electron chi connectivity index (χ1n) is 9.42. The highest BCUT2D eigenvalue weighted by Gasteiger charge is 2.22. The summed E-state index contributed by atoms with van der Waals surface area (Å²) >= 11 is 1.37. The van der Waals surface area contributed by atoms with Crippen LogP contribution in [0.4, 0.5) is 5.00 Å². The fraction of sp³-hybridized carbons (Fsp3) is 0.217. The van der Waals surface area contributed by atoms with Crippen LogP contribution in [0, 0.1) is 0 Å². The highest BCUT2D eigenvalue weighted by Crippen LogP contribution is 2.36. The van der Waals surface area contributed by atoms with E-state index in [4.69, 9.17) is 14.2 Å². The Morgan fingerprint density at radius 3 is 2.40 bits per heavy atom. The first-order valence-corrected chi connectivity index (χ1v) is 10.3. The molecule has 0 bridgehead atoms. The first kappa shape index (κ1) is 21.4. The molecule has 0 aliphatic rings. The third-order valence-electron chi connectivity index (χ3n) is 4.47. The molecule has 0 amide bonds. The summed E-state index contributed by atoms with van der Waals surface area (Å²) in [6, 6.07) is 14.6. The lowest BCUT2D eigenvalue weighted by Crippen LogP contribution is -2.16. The number of thiophene rings is 1. The van der Waals surface area contributed by atoms with Crippen LogP contribution in [0.15, 0.2) is 53.9 Å². The zero-order valence-corrected chi connectivity index (χ0v) is 17.9. The molecular weight excluding hydrogens is 402 g/mol. The quantitative estimate of drug-likeness (QED) is 0.388. The van der Waals surface area contributed by atoms with Gasteiger partial charge >= 0.3 is 5.97 Å². The minimum absolute atomic E-state index is 0.0244. The second-order valence-electron chi connectivity index (χ2n) is 6.29. The standard InChI is InChI=1S/C23H23NO5S/c1-4-29-23(26)21-17(15-8-6-5-7-9-15)14-30-22(21)24-13-18(25)16-10-11-19(27-2)20(12-16)28-3/h5-12,14,24H,4,13H2,1-3H3. The Morgan fingerprint density at radius 2 is 1.73 bits per heavy atom. The highest BCUT2D eigenvalue weighted by molar-refractivity contribution is 7.15. The summed E-state index contributed by atoms with van der Waals surface area (Å²) < 4.78 is 15.7. The van der Waals surface area contributed by atoms with E-state index in [1.54, 1.807) is 32.2 Å². The number of carbonyl (C=O) groups is 2. The number of ether oxygens (including phenoxy) is 3. The van der Waals surface area contributed by atoms with Crippen LogP contribution in [0.1, 0.15) is 27.6 Å². The van der Waals surface area contributed by atoms with Crippen molar-refractivity contribution in [3.05, 3.63) is 65.0 Å². The van der Waals surface area contributed by atoms with Crippen LogP contribution in [-0.4, -0.2) is 39.1 Å². The fourth-order valence-electron chi connectivity index (χ4n) is 3.00. The largest absolute Gasteiger partial charge is 0.493 e. The van der Waals surface area contributed by atoms with Gasteiger partial charge in [-0.15, -0.1) is 11.3 Å². The van der Waals surface area contributed by atoms with Crippen molar-refractivity contribution in [1.82, 2.24) is 0 Å². The molecule has 156 valence electrons. The molecule has 0 fully saturated rings. The van der Waals surface area contributed by atoms with Gasteiger partial charge in [0, 0.05) is 16.5 Å². The maximum Gasteiger partial charge on any atom is 0.341 e. The number of rotatable bonds is 9. The number of hydrogen-bond acceptors (Lipinski definition) is 7. The van der Waals surface area contributed by atoms with Crippen molar-refractivity contribution in [2.24, 2.45) is 0 Å². The summed E-state index contributed by atoms with van der Waals surface area (Å²) in [7, 11) is 3.06. The van der Waals surface area contributed by atoms with E-state index < -0.39 is 5.97 Å². The molecule has 3 aromatic rings. The van der Waals surface area contributed by atoms with Crippen LogP contribution in [0.3, 0.4) is 0 Å². The van der Waals surface area contributed by atoms with Crippen molar-refractivity contribution < 1.29 is 23.8 Å². The molecule has 0 unspecified atom stereocenters. The smallest absolute Gasteiger partial charge is 0.341 e. The summed E-state index contributed by atoms with van der Waals surface area (Å²) in [4.78, 5) is 25.3. The highest BCUT2D eigenvalue weighted by atomic mass is 32.1. The van der Waals surface area contributed by atoms with Gasteiger partial charge in [0.25, 0.3) is 0 Å². The first-order chi connectivity index (χ1) is 14.6. The maximum atomic E-state index is 12.7. The number of hydrogen-bond donors (Lipinski definition) is 1. The fourth-order valence-corrected chi connectivity index (χ4v) is 3.95. The number of esters is 1. The van der Waals surface area contributed by atoms with Crippen molar-refractivity contribution in [2.75, 3.05) is 32.7 Å². The summed E-state index contributed by atoms with van der Waals surface area (Å²) in [5.41, 5.74) is 2.61. The lowest BCUT2D eigenvalue weighted by atomic mass is 10.0. The van der Waals surface area contributed by atoms with E-state index in [9.17, 15) is 9.59 Å². The lowest BCUT2D eigenvalue weighted by Gasteiger charge is -2.11. The van der Waals surface area contributed by atoms with E-state index in [0.29, 0.717) is 27.6 Å². The van der Waals surface area contributed by atoms with E-state index in [2.05, 4.69) is 5.32 Å². The number of nitrogens with one attached hydrogen (secondary N) is 1. The second-order valence-corrected chi connectivity index (χ2v) is 7.17. The minimum atomic E-state index is -0.418. The molecule has 30 heavy (non-hydrogen) atoms. The van der Waals surface area contributed by atoms with Crippen molar-refractivity contribution in [1.29, 1.82) is 0 Å². The molecule has 6 nitrogen and oxygen atoms in total. The molecule has 1 heterocycles. The summed E-state index contributed by atoms with van der Waals surface area (Å²) in [6.07, 6.45) is 0. The predicted octanol–water partition coefficient (Wildman–Crippen LogP) is 4.90. The Bertz CT molecular complexity index is 1030. The third-order valence-corrected chi connectivity index (χ3v) is 5.41. The predicted molar refractivity (Wildman–Crippen MR) is 118 cm³/mol. The molecule has 1 aromatic heterocycles. The van der Waals surface area contributed by atoms with Crippen LogP contribution < -0.4 is 14.8 Å². The molecule has 3 rings (SSSR count). The van der Waals surface area contributed by atoms with Crippen LogP contribution in [0.25, 0.3) is 11.1 Å². The zero-order valence-electron chi connectivity index (χ0n) is 17.1. The van der Waals surface area contributed by atoms with Gasteiger partial charge in [0.2, 0.25) is 0 Å². The number of anilines is 1. The molecule has 0 spiro atoms. The van der Waals surface area contributed by atoms with Crippen molar-refractivity contribution >= 4 is 28.1 Å². The molecule has 0 saturated heterocycles. The maximum absolute atomic E-state index is 12.7. The number of carbonyl (C=O) groups excluding carboxylic acids is 2. The van der Waals surface area contributed by atoms with E-state index in [1.807, 2.05) is 35.7 Å². The topological polar surface area (TPSA) is 73.9 Å². The number of benzene rings is 2. The molecule has 7 heteroatoms. The summed E-state index contributed by atoms with van der Waals surface area (Å²) in [6.45, 7) is 2.06. The number of Topliss-reactive ketones (excluding diaryl/α,β-unsaturated/α-hetero) is 1. The molecular formula is C23H23NO5S. The summed E-state index contributed by atoms with van der Waals surface area (Å²) in [5.74, 6) is 0.481. The molecule has 1 N–H and O–H groups in total. The van der Waals surface area contributed by atoms with Crippen molar-refractivity contribution in [3.8, 4) is 22.6 Å². The van der Waals surface area contributed by atoms with E-state index >= 15 is 0 Å². The average Bonchev–Trinajstić information content (AvgIpc) is 3.21. The van der Waals surface area contributed by atoms with Gasteiger partial charge in [-0.1, -0.05) is 30.3 Å². The van der Waals surface area contributed by atoms with Crippen LogP contribution in [-0.2, 0) is 4.74 Å². The second kappa shape index (κ2) is 9.93. The molecule has 2 aromatic carbocycles. The van der Waals surface area contributed by atoms with E-state index in [0.717, 1.165) is 11.1 Å². The monoisotopic (exact) mass is 425 g/mol. The normalized spacial score (nSPS) is 10.4. The van der Waals surface area contributed by atoms with E-state index in [-0.39, 0.29) is 18.9 Å². The van der Waals surface area contributed by atoms with E-state index in [1.165, 1.54) is 18.4 Å². The Morgan fingerprint density at radius 1 is 1.00 bits per heavy atom. The van der Waals surface area contributed by atoms with Gasteiger partial charge in [0.1, 0.15) is 10.6 Å². The Balaban J connectivity index is 1.84.